The number of benzene rings is 1. The lowest BCUT2D eigenvalue weighted by molar-refractivity contribution is -0.0282. The highest BCUT2D eigenvalue weighted by Crippen LogP contribution is 2.33. The summed E-state index contributed by atoms with van der Waals surface area (Å²) in [7, 11) is 0. The van der Waals surface area contributed by atoms with Gasteiger partial charge in [0.25, 0.3) is 0 Å². The van der Waals surface area contributed by atoms with Gasteiger partial charge in [-0.2, -0.15) is 0 Å². The third-order valence-electron chi connectivity index (χ3n) is 4.19. The molecule has 0 spiro atoms. The van der Waals surface area contributed by atoms with Gasteiger partial charge < -0.3 is 10.1 Å². The van der Waals surface area contributed by atoms with E-state index in [4.69, 9.17) is 4.74 Å². The molecule has 1 heterocycles. The second kappa shape index (κ2) is 7.95. The zero-order valence-electron chi connectivity index (χ0n) is 14.1. The van der Waals surface area contributed by atoms with Crippen LogP contribution in [0.3, 0.4) is 0 Å². The van der Waals surface area contributed by atoms with E-state index in [-0.39, 0.29) is 6.10 Å². The number of ether oxygens (including phenoxy) is 1. The molecule has 1 aromatic carbocycles. The summed E-state index contributed by atoms with van der Waals surface area (Å²) in [4.78, 5) is 0. The van der Waals surface area contributed by atoms with Gasteiger partial charge in [0.05, 0.1) is 6.10 Å². The number of hydrogen-bond donors (Lipinski definition) is 1. The van der Waals surface area contributed by atoms with Crippen LogP contribution >= 0.6 is 0 Å². The van der Waals surface area contributed by atoms with Gasteiger partial charge in [-0.25, -0.2) is 0 Å². The number of rotatable bonds is 6. The second-order valence-corrected chi connectivity index (χ2v) is 7.10. The average Bonchev–Trinajstić information content (AvgIpc) is 2.46. The molecule has 1 N–H and O–H groups in total. The molecule has 0 radical (unpaired) electrons. The molecule has 1 fully saturated rings. The molecular weight excluding hydrogens is 258 g/mol. The molecule has 2 nitrogen and oxygen atoms in total. The van der Waals surface area contributed by atoms with Crippen molar-refractivity contribution in [3.63, 3.8) is 0 Å². The van der Waals surface area contributed by atoms with Gasteiger partial charge in [0.1, 0.15) is 0 Å². The summed E-state index contributed by atoms with van der Waals surface area (Å²) in [6, 6.07) is 9.65. The Morgan fingerprint density at radius 1 is 1.14 bits per heavy atom. The maximum Gasteiger partial charge on any atom is 0.0865 e. The van der Waals surface area contributed by atoms with E-state index < -0.39 is 0 Å². The highest BCUT2D eigenvalue weighted by Gasteiger charge is 2.27. The molecule has 2 rings (SSSR count). The molecule has 2 heteroatoms. The summed E-state index contributed by atoms with van der Waals surface area (Å²) < 4.78 is 6.09. The van der Waals surface area contributed by atoms with Crippen molar-refractivity contribution in [1.82, 2.24) is 5.32 Å². The van der Waals surface area contributed by atoms with E-state index >= 15 is 0 Å². The molecular formula is C19H31NO. The lowest BCUT2D eigenvalue weighted by atomic mass is 9.88. The fourth-order valence-corrected chi connectivity index (χ4v) is 3.12. The lowest BCUT2D eigenvalue weighted by Gasteiger charge is -2.33. The highest BCUT2D eigenvalue weighted by atomic mass is 16.5. The molecule has 0 bridgehead atoms. The van der Waals surface area contributed by atoms with Crippen LogP contribution < -0.4 is 5.32 Å². The average molecular weight is 289 g/mol. The SMILES string of the molecule is CC(C)Cc1ccc(C2OCCCC2CNC(C)C)cc1. The van der Waals surface area contributed by atoms with Gasteiger partial charge in [-0.1, -0.05) is 52.0 Å². The Bertz CT molecular complexity index is 410. The highest BCUT2D eigenvalue weighted by molar-refractivity contribution is 5.25. The molecule has 0 saturated carbocycles. The minimum atomic E-state index is 0.262. The fraction of sp³-hybridized carbons (Fsp3) is 0.684. The van der Waals surface area contributed by atoms with Crippen molar-refractivity contribution in [2.24, 2.45) is 11.8 Å². The molecule has 1 aromatic rings. The third kappa shape index (κ3) is 5.12. The van der Waals surface area contributed by atoms with Crippen LogP contribution in [0.1, 0.15) is 57.8 Å². The van der Waals surface area contributed by atoms with Crippen LogP contribution in [-0.2, 0) is 11.2 Å². The minimum absolute atomic E-state index is 0.262. The van der Waals surface area contributed by atoms with E-state index in [1.807, 2.05) is 0 Å². The third-order valence-corrected chi connectivity index (χ3v) is 4.19. The van der Waals surface area contributed by atoms with Gasteiger partial charge in [0, 0.05) is 25.1 Å². The summed E-state index contributed by atoms with van der Waals surface area (Å²) in [5.74, 6) is 1.31. The molecule has 0 amide bonds. The van der Waals surface area contributed by atoms with Crippen molar-refractivity contribution < 1.29 is 4.74 Å². The largest absolute Gasteiger partial charge is 0.373 e. The first-order chi connectivity index (χ1) is 10.1. The van der Waals surface area contributed by atoms with Crippen molar-refractivity contribution in [3.05, 3.63) is 35.4 Å². The van der Waals surface area contributed by atoms with Crippen LogP contribution in [0.5, 0.6) is 0 Å². The first-order valence-electron chi connectivity index (χ1n) is 8.50. The Morgan fingerprint density at radius 3 is 2.48 bits per heavy atom. The molecule has 0 aromatic heterocycles. The van der Waals surface area contributed by atoms with Crippen molar-refractivity contribution in [2.75, 3.05) is 13.2 Å². The molecule has 2 unspecified atom stereocenters. The van der Waals surface area contributed by atoms with Crippen LogP contribution in [0.25, 0.3) is 0 Å². The van der Waals surface area contributed by atoms with Crippen LogP contribution in [0.2, 0.25) is 0 Å². The smallest absolute Gasteiger partial charge is 0.0865 e. The fourth-order valence-electron chi connectivity index (χ4n) is 3.12. The lowest BCUT2D eigenvalue weighted by Crippen LogP contribution is -2.35. The van der Waals surface area contributed by atoms with E-state index in [1.54, 1.807) is 0 Å². The summed E-state index contributed by atoms with van der Waals surface area (Å²) in [6.45, 7) is 10.9. The first-order valence-corrected chi connectivity index (χ1v) is 8.50. The standard InChI is InChI=1S/C19H31NO/c1-14(2)12-16-7-9-17(10-8-16)19-18(6-5-11-21-19)13-20-15(3)4/h7-10,14-15,18-20H,5-6,11-13H2,1-4H3. The van der Waals surface area contributed by atoms with Crippen LogP contribution in [0.15, 0.2) is 24.3 Å². The predicted octanol–water partition coefficient (Wildman–Crippen LogP) is 4.35. The van der Waals surface area contributed by atoms with E-state index in [0.29, 0.717) is 17.9 Å². The van der Waals surface area contributed by atoms with Crippen molar-refractivity contribution in [1.29, 1.82) is 0 Å². The Balaban J connectivity index is 2.02. The van der Waals surface area contributed by atoms with Gasteiger partial charge in [0.2, 0.25) is 0 Å². The molecule has 2 atom stereocenters. The van der Waals surface area contributed by atoms with Gasteiger partial charge >= 0.3 is 0 Å². The van der Waals surface area contributed by atoms with Crippen molar-refractivity contribution in [2.45, 2.75) is 59.1 Å². The normalized spacial score (nSPS) is 23.0. The Kier molecular flexibility index (Phi) is 6.25. The summed E-state index contributed by atoms with van der Waals surface area (Å²) in [5.41, 5.74) is 2.78. The monoisotopic (exact) mass is 289 g/mol. The van der Waals surface area contributed by atoms with Crippen LogP contribution in [0.4, 0.5) is 0 Å². The second-order valence-electron chi connectivity index (χ2n) is 7.10. The van der Waals surface area contributed by atoms with E-state index in [1.165, 1.54) is 24.0 Å². The zero-order chi connectivity index (χ0) is 15.2. The molecule has 0 aliphatic carbocycles. The summed E-state index contributed by atoms with van der Waals surface area (Å²) in [6.07, 6.45) is 3.87. The number of nitrogens with one attached hydrogen (secondary N) is 1. The molecule has 1 aliphatic rings. The van der Waals surface area contributed by atoms with E-state index in [9.17, 15) is 0 Å². The number of hydrogen-bond acceptors (Lipinski definition) is 2. The quantitative estimate of drug-likeness (QED) is 0.840. The Hall–Kier alpha value is -0.860. The Morgan fingerprint density at radius 2 is 1.86 bits per heavy atom. The molecule has 1 aliphatic heterocycles. The zero-order valence-corrected chi connectivity index (χ0v) is 14.1. The van der Waals surface area contributed by atoms with Crippen LogP contribution in [-0.4, -0.2) is 19.2 Å². The van der Waals surface area contributed by atoms with E-state index in [0.717, 1.165) is 19.6 Å². The molecule has 118 valence electrons. The van der Waals surface area contributed by atoms with Gasteiger partial charge in [-0.05, 0) is 36.3 Å². The van der Waals surface area contributed by atoms with E-state index in [2.05, 4.69) is 57.3 Å². The molecule has 21 heavy (non-hydrogen) atoms. The van der Waals surface area contributed by atoms with Crippen molar-refractivity contribution in [3.8, 4) is 0 Å². The Labute approximate surface area is 130 Å². The maximum atomic E-state index is 6.09. The maximum absolute atomic E-state index is 6.09. The van der Waals surface area contributed by atoms with Gasteiger partial charge in [-0.15, -0.1) is 0 Å². The summed E-state index contributed by atoms with van der Waals surface area (Å²) in [5, 5.41) is 3.57. The predicted molar refractivity (Wildman–Crippen MR) is 89.5 cm³/mol. The van der Waals surface area contributed by atoms with Crippen LogP contribution in [0, 0.1) is 11.8 Å². The van der Waals surface area contributed by atoms with Gasteiger partial charge in [-0.3, -0.25) is 0 Å². The summed E-state index contributed by atoms with van der Waals surface area (Å²) >= 11 is 0. The minimum Gasteiger partial charge on any atom is -0.373 e. The topological polar surface area (TPSA) is 21.3 Å². The van der Waals surface area contributed by atoms with Crippen molar-refractivity contribution >= 4 is 0 Å². The first kappa shape index (κ1) is 16.5. The molecule has 1 saturated heterocycles. The van der Waals surface area contributed by atoms with Gasteiger partial charge in [0.15, 0.2) is 0 Å².